The zero-order valence-corrected chi connectivity index (χ0v) is 16.0. The lowest BCUT2D eigenvalue weighted by molar-refractivity contribution is 0.297. The number of hydrogen-bond acceptors (Lipinski definition) is 2. The average molecular weight is 368 g/mol. The van der Waals surface area contributed by atoms with Crippen LogP contribution >= 0.6 is 23.6 Å². The molecule has 0 bridgehead atoms. The van der Waals surface area contributed by atoms with E-state index in [1.807, 2.05) is 0 Å². The summed E-state index contributed by atoms with van der Waals surface area (Å²) in [4.78, 5) is 3.64. The molecule has 1 aromatic carbocycles. The monoisotopic (exact) mass is 367 g/mol. The van der Waals surface area contributed by atoms with Gasteiger partial charge in [0.2, 0.25) is 0 Å². The van der Waals surface area contributed by atoms with E-state index in [-0.39, 0.29) is 6.04 Å². The number of aromatic nitrogens is 1. The molecule has 0 saturated heterocycles. The topological polar surface area (TPSA) is 20.2 Å². The molecule has 3 nitrogen and oxygen atoms in total. The number of anilines is 1. The Bertz CT molecular complexity index is 896. The molecule has 4 rings (SSSR count). The Morgan fingerprint density at radius 3 is 2.84 bits per heavy atom. The number of aryl methyl sites for hydroxylation is 2. The zero-order valence-electron chi connectivity index (χ0n) is 14.4. The van der Waals surface area contributed by atoms with Crippen LogP contribution in [0, 0.1) is 13.8 Å². The minimum absolute atomic E-state index is 0.175. The van der Waals surface area contributed by atoms with Gasteiger partial charge in [-0.25, -0.2) is 0 Å². The normalized spacial score (nSPS) is 16.6. The molecular formula is C20H21N3S2. The summed E-state index contributed by atoms with van der Waals surface area (Å²) in [6.45, 7) is 6.08. The molecule has 25 heavy (non-hydrogen) atoms. The Hall–Kier alpha value is -2.11. The number of fused-ring (bicyclic) bond motifs is 1. The molecule has 128 valence electrons. The van der Waals surface area contributed by atoms with Crippen LogP contribution in [0.25, 0.3) is 0 Å². The Balaban J connectivity index is 1.66. The molecule has 1 aliphatic rings. The van der Waals surface area contributed by atoms with Crippen LogP contribution in [0.3, 0.4) is 0 Å². The highest BCUT2D eigenvalue weighted by Crippen LogP contribution is 2.35. The molecular weight excluding hydrogens is 346 g/mol. The van der Waals surface area contributed by atoms with Gasteiger partial charge < -0.3 is 14.8 Å². The smallest absolute Gasteiger partial charge is 0.174 e. The molecule has 3 aromatic rings. The number of rotatable bonds is 2. The van der Waals surface area contributed by atoms with Crippen molar-refractivity contribution in [3.05, 3.63) is 75.7 Å². The summed E-state index contributed by atoms with van der Waals surface area (Å²) in [7, 11) is 0. The van der Waals surface area contributed by atoms with Crippen molar-refractivity contribution < 1.29 is 0 Å². The van der Waals surface area contributed by atoms with Gasteiger partial charge in [-0.05, 0) is 66.8 Å². The maximum absolute atomic E-state index is 5.82. The predicted molar refractivity (Wildman–Crippen MR) is 109 cm³/mol. The zero-order chi connectivity index (χ0) is 17.4. The molecule has 0 spiro atoms. The van der Waals surface area contributed by atoms with E-state index in [1.54, 1.807) is 11.3 Å². The Morgan fingerprint density at radius 1 is 1.16 bits per heavy atom. The van der Waals surface area contributed by atoms with E-state index >= 15 is 0 Å². The maximum atomic E-state index is 5.82. The highest BCUT2D eigenvalue weighted by Gasteiger charge is 2.31. The van der Waals surface area contributed by atoms with Crippen LogP contribution in [0.15, 0.2) is 54.0 Å². The lowest BCUT2D eigenvalue weighted by Crippen LogP contribution is -2.44. The molecule has 1 atom stereocenters. The highest BCUT2D eigenvalue weighted by atomic mass is 32.1. The number of benzene rings is 1. The third-order valence-corrected chi connectivity index (χ3v) is 6.01. The molecule has 0 unspecified atom stereocenters. The van der Waals surface area contributed by atoms with Crippen LogP contribution in [0.5, 0.6) is 0 Å². The van der Waals surface area contributed by atoms with Crippen molar-refractivity contribution in [3.63, 3.8) is 0 Å². The second-order valence-corrected chi connectivity index (χ2v) is 7.85. The van der Waals surface area contributed by atoms with E-state index in [0.29, 0.717) is 0 Å². The van der Waals surface area contributed by atoms with Crippen molar-refractivity contribution in [2.75, 3.05) is 11.9 Å². The minimum atomic E-state index is 0.175. The van der Waals surface area contributed by atoms with E-state index in [0.717, 1.165) is 23.9 Å². The predicted octanol–water partition coefficient (Wildman–Crippen LogP) is 4.97. The summed E-state index contributed by atoms with van der Waals surface area (Å²) >= 11 is 7.61. The van der Waals surface area contributed by atoms with Crippen molar-refractivity contribution >= 4 is 34.4 Å². The van der Waals surface area contributed by atoms with E-state index in [1.165, 1.54) is 21.7 Å². The van der Waals surface area contributed by atoms with Crippen molar-refractivity contribution in [2.45, 2.75) is 26.4 Å². The Kier molecular flexibility index (Phi) is 4.36. The number of thiocarbonyl (C=S) groups is 1. The first-order valence-electron chi connectivity index (χ1n) is 8.47. The largest absolute Gasteiger partial charge is 0.347 e. The van der Waals surface area contributed by atoms with Gasteiger partial charge in [-0.3, -0.25) is 0 Å². The average Bonchev–Trinajstić information content (AvgIpc) is 3.28. The molecule has 0 fully saturated rings. The molecule has 2 aromatic heterocycles. The molecule has 1 aliphatic heterocycles. The van der Waals surface area contributed by atoms with Gasteiger partial charge in [-0.1, -0.05) is 18.2 Å². The number of nitrogens with one attached hydrogen (secondary N) is 1. The lowest BCUT2D eigenvalue weighted by atomic mass is 10.1. The van der Waals surface area contributed by atoms with Gasteiger partial charge in [0.1, 0.15) is 6.04 Å². The van der Waals surface area contributed by atoms with E-state index in [2.05, 4.69) is 82.7 Å². The summed E-state index contributed by atoms with van der Waals surface area (Å²) in [6.07, 6.45) is 2.16. The summed E-state index contributed by atoms with van der Waals surface area (Å²) in [5, 5.41) is 6.42. The summed E-state index contributed by atoms with van der Waals surface area (Å²) in [6, 6.07) is 15.2. The minimum Gasteiger partial charge on any atom is -0.347 e. The van der Waals surface area contributed by atoms with Crippen molar-refractivity contribution in [3.8, 4) is 0 Å². The fourth-order valence-electron chi connectivity index (χ4n) is 3.41. The molecule has 0 amide bonds. The molecule has 3 heterocycles. The fraction of sp³-hybridized carbons (Fsp3) is 0.250. The van der Waals surface area contributed by atoms with E-state index < -0.39 is 0 Å². The molecule has 0 aliphatic carbocycles. The van der Waals surface area contributed by atoms with Gasteiger partial charge >= 0.3 is 0 Å². The van der Waals surface area contributed by atoms with Crippen molar-refractivity contribution in [1.29, 1.82) is 0 Å². The van der Waals surface area contributed by atoms with E-state index in [9.17, 15) is 0 Å². The highest BCUT2D eigenvalue weighted by molar-refractivity contribution is 7.80. The maximum Gasteiger partial charge on any atom is 0.174 e. The quantitative estimate of drug-likeness (QED) is 0.646. The van der Waals surface area contributed by atoms with Gasteiger partial charge in [-0.2, -0.15) is 0 Å². The van der Waals surface area contributed by atoms with Crippen LogP contribution in [0.4, 0.5) is 5.69 Å². The lowest BCUT2D eigenvalue weighted by Gasteiger charge is -2.38. The van der Waals surface area contributed by atoms with Gasteiger partial charge in [0.15, 0.2) is 5.11 Å². The summed E-state index contributed by atoms with van der Waals surface area (Å²) < 4.78 is 2.33. The van der Waals surface area contributed by atoms with Crippen LogP contribution in [0.2, 0.25) is 0 Å². The molecule has 1 N–H and O–H groups in total. The molecule has 0 saturated carbocycles. The molecule has 0 radical (unpaired) electrons. The first-order chi connectivity index (χ1) is 12.1. The SMILES string of the molecule is Cc1ccc(C)c(NC(=S)N2CCn3cccc3[C@H]2c2cccs2)c1. The second kappa shape index (κ2) is 6.65. The number of nitrogens with zero attached hydrogens (tertiary/aromatic N) is 2. The first kappa shape index (κ1) is 16.4. The Morgan fingerprint density at radius 2 is 2.04 bits per heavy atom. The van der Waals surface area contributed by atoms with Crippen LogP contribution in [-0.4, -0.2) is 21.1 Å². The van der Waals surface area contributed by atoms with Crippen molar-refractivity contribution in [1.82, 2.24) is 9.47 Å². The van der Waals surface area contributed by atoms with Gasteiger partial charge in [0.25, 0.3) is 0 Å². The summed E-state index contributed by atoms with van der Waals surface area (Å²) in [5.74, 6) is 0. The second-order valence-electron chi connectivity index (χ2n) is 6.49. The third kappa shape index (κ3) is 3.10. The first-order valence-corrected chi connectivity index (χ1v) is 9.75. The molecule has 5 heteroatoms. The van der Waals surface area contributed by atoms with Crippen LogP contribution in [-0.2, 0) is 6.54 Å². The fourth-order valence-corrected chi connectivity index (χ4v) is 4.56. The van der Waals surface area contributed by atoms with Gasteiger partial charge in [0.05, 0.1) is 0 Å². The number of thiophene rings is 1. The van der Waals surface area contributed by atoms with Crippen molar-refractivity contribution in [2.24, 2.45) is 0 Å². The Labute approximate surface area is 157 Å². The van der Waals surface area contributed by atoms with E-state index in [4.69, 9.17) is 12.2 Å². The summed E-state index contributed by atoms with van der Waals surface area (Å²) in [5.41, 5.74) is 4.84. The third-order valence-electron chi connectivity index (χ3n) is 4.75. The van der Waals surface area contributed by atoms with Crippen LogP contribution in [0.1, 0.15) is 27.7 Å². The van der Waals surface area contributed by atoms with Gasteiger partial charge in [0, 0.05) is 35.5 Å². The van der Waals surface area contributed by atoms with Crippen LogP contribution < -0.4 is 5.32 Å². The van der Waals surface area contributed by atoms with Gasteiger partial charge in [-0.15, -0.1) is 11.3 Å². The standard InChI is InChI=1S/C20H21N3S2/c1-14-7-8-15(2)16(13-14)21-20(24)23-11-10-22-9-3-5-17(22)19(23)18-6-4-12-25-18/h3-9,12-13,19H,10-11H2,1-2H3,(H,21,24)/t19-/m0/s1. The number of hydrogen-bond donors (Lipinski definition) is 1.